The highest BCUT2D eigenvalue weighted by atomic mass is 16.4. The van der Waals surface area contributed by atoms with Gasteiger partial charge in [-0.3, -0.25) is 14.5 Å². The average Bonchev–Trinajstić information content (AvgIpc) is 2.67. The van der Waals surface area contributed by atoms with Crippen LogP contribution in [0.2, 0.25) is 0 Å². The number of nitrogens with zero attached hydrogens (tertiary/aromatic N) is 1. The molecule has 0 aromatic heterocycles. The van der Waals surface area contributed by atoms with Gasteiger partial charge < -0.3 is 15.4 Å². The van der Waals surface area contributed by atoms with Crippen molar-refractivity contribution in [2.24, 2.45) is 0 Å². The summed E-state index contributed by atoms with van der Waals surface area (Å²) in [5.41, 5.74) is 3.57. The smallest absolute Gasteiger partial charge is 0.426 e. The predicted octanol–water partition coefficient (Wildman–Crippen LogP) is 1.56. The molecular weight excluding hydrogens is 355 g/mol. The van der Waals surface area contributed by atoms with Crippen LogP contribution in [-0.2, 0) is 16.0 Å². The number of para-hydroxylation sites is 1. The van der Waals surface area contributed by atoms with E-state index in [1.165, 1.54) is 4.90 Å². The van der Waals surface area contributed by atoms with E-state index in [1.54, 1.807) is 24.3 Å². The second-order valence-electron chi connectivity index (χ2n) is 6.69. The quantitative estimate of drug-likeness (QED) is 0.479. The summed E-state index contributed by atoms with van der Waals surface area (Å²) in [4.78, 5) is 26.0. The minimum atomic E-state index is -1.73. The van der Waals surface area contributed by atoms with E-state index < -0.39 is 24.9 Å². The van der Waals surface area contributed by atoms with E-state index >= 15 is 0 Å². The fraction of sp³-hybridized carbons (Fsp3) is 0.238. The maximum absolute atomic E-state index is 12.5. The number of carbonyl (C=O) groups is 2. The van der Waals surface area contributed by atoms with Crippen LogP contribution in [0.15, 0.2) is 61.2 Å². The molecule has 2 aromatic carbocycles. The number of anilines is 1. The Balaban J connectivity index is 2.12. The number of aryl methyl sites for hydroxylation is 2. The molecule has 2 rings (SSSR count). The van der Waals surface area contributed by atoms with Crippen LogP contribution in [0.25, 0.3) is 0 Å². The van der Waals surface area contributed by atoms with Crippen molar-refractivity contribution in [1.29, 1.82) is 0 Å². The zero-order valence-electron chi connectivity index (χ0n) is 16.1. The molecule has 28 heavy (non-hydrogen) atoms. The second kappa shape index (κ2) is 9.87. The molecular formula is C21H25BN2O4. The number of nitrogens with one attached hydrogen (secondary N) is 1. The molecule has 0 heterocycles. The van der Waals surface area contributed by atoms with Gasteiger partial charge in [-0.15, -0.1) is 0 Å². The number of rotatable bonds is 8. The Morgan fingerprint density at radius 1 is 1.18 bits per heavy atom. The van der Waals surface area contributed by atoms with E-state index in [-0.39, 0.29) is 13.0 Å². The first-order valence-corrected chi connectivity index (χ1v) is 9.02. The van der Waals surface area contributed by atoms with E-state index in [4.69, 9.17) is 0 Å². The third kappa shape index (κ3) is 5.80. The van der Waals surface area contributed by atoms with Gasteiger partial charge in [-0.25, -0.2) is 0 Å². The Kier molecular flexibility index (Phi) is 7.55. The Morgan fingerprint density at radius 2 is 1.86 bits per heavy atom. The standard InChI is InChI=1S/C21H25BN2O4/c1-4-21(26)24(18-8-6-5-7-9-18)14-20(25)23-19(22(27)28)13-17-11-10-15(2)12-16(17)3/h4-12,19,27-28H,1,13-14H2,2-3H3,(H,23,25)/t19-/m0/s1. The van der Waals surface area contributed by atoms with E-state index in [2.05, 4.69) is 11.9 Å². The summed E-state index contributed by atoms with van der Waals surface area (Å²) in [6.45, 7) is 7.13. The third-order valence-electron chi connectivity index (χ3n) is 4.45. The van der Waals surface area contributed by atoms with Gasteiger partial charge in [0.1, 0.15) is 6.54 Å². The van der Waals surface area contributed by atoms with Crippen LogP contribution in [0.4, 0.5) is 5.69 Å². The largest absolute Gasteiger partial charge is 0.475 e. The molecule has 0 saturated carbocycles. The van der Waals surface area contributed by atoms with Gasteiger partial charge in [0.25, 0.3) is 5.91 Å². The van der Waals surface area contributed by atoms with Crippen molar-refractivity contribution in [2.75, 3.05) is 11.4 Å². The topological polar surface area (TPSA) is 89.9 Å². The van der Waals surface area contributed by atoms with Crippen LogP contribution in [0.1, 0.15) is 16.7 Å². The molecule has 1 atom stereocenters. The zero-order chi connectivity index (χ0) is 20.7. The molecule has 7 heteroatoms. The average molecular weight is 380 g/mol. The lowest BCUT2D eigenvalue weighted by Gasteiger charge is -2.24. The Hall–Kier alpha value is -2.90. The minimum Gasteiger partial charge on any atom is -0.426 e. The summed E-state index contributed by atoms with van der Waals surface area (Å²) < 4.78 is 0. The molecule has 0 aliphatic heterocycles. The third-order valence-corrected chi connectivity index (χ3v) is 4.45. The zero-order valence-corrected chi connectivity index (χ0v) is 16.1. The fourth-order valence-corrected chi connectivity index (χ4v) is 2.95. The molecule has 146 valence electrons. The monoisotopic (exact) mass is 380 g/mol. The highest BCUT2D eigenvalue weighted by Gasteiger charge is 2.27. The molecule has 6 nitrogen and oxygen atoms in total. The van der Waals surface area contributed by atoms with Crippen LogP contribution in [0, 0.1) is 13.8 Å². The van der Waals surface area contributed by atoms with Crippen LogP contribution in [0.5, 0.6) is 0 Å². The van der Waals surface area contributed by atoms with Crippen molar-refractivity contribution < 1.29 is 19.6 Å². The maximum Gasteiger partial charge on any atom is 0.475 e. The van der Waals surface area contributed by atoms with Crippen molar-refractivity contribution in [3.05, 3.63) is 77.9 Å². The van der Waals surface area contributed by atoms with E-state index in [0.717, 1.165) is 22.8 Å². The molecule has 0 saturated heterocycles. The van der Waals surface area contributed by atoms with E-state index in [1.807, 2.05) is 38.1 Å². The number of carbonyl (C=O) groups excluding carboxylic acids is 2. The fourth-order valence-electron chi connectivity index (χ4n) is 2.95. The Bertz CT molecular complexity index is 840. The van der Waals surface area contributed by atoms with Crippen LogP contribution >= 0.6 is 0 Å². The molecule has 0 aliphatic rings. The molecule has 0 spiro atoms. The van der Waals surface area contributed by atoms with Gasteiger partial charge in [-0.2, -0.15) is 0 Å². The van der Waals surface area contributed by atoms with Crippen molar-refractivity contribution in [3.8, 4) is 0 Å². The molecule has 2 amide bonds. The SMILES string of the molecule is C=CC(=O)N(CC(=O)N[C@@H](Cc1ccc(C)cc1C)B(O)O)c1ccccc1. The Morgan fingerprint density at radius 3 is 2.43 bits per heavy atom. The summed E-state index contributed by atoms with van der Waals surface area (Å²) in [7, 11) is -1.73. The molecule has 0 radical (unpaired) electrons. The summed E-state index contributed by atoms with van der Waals surface area (Å²) in [6.07, 6.45) is 1.39. The number of benzene rings is 2. The van der Waals surface area contributed by atoms with Crippen molar-refractivity contribution in [3.63, 3.8) is 0 Å². The summed E-state index contributed by atoms with van der Waals surface area (Å²) >= 11 is 0. The highest BCUT2D eigenvalue weighted by Crippen LogP contribution is 2.15. The minimum absolute atomic E-state index is 0.259. The van der Waals surface area contributed by atoms with Crippen LogP contribution in [0.3, 0.4) is 0 Å². The van der Waals surface area contributed by atoms with Gasteiger partial charge >= 0.3 is 7.12 Å². The van der Waals surface area contributed by atoms with Gasteiger partial charge in [0.2, 0.25) is 5.91 Å². The maximum atomic E-state index is 12.5. The van der Waals surface area contributed by atoms with Crippen molar-refractivity contribution in [1.82, 2.24) is 5.32 Å². The second-order valence-corrected chi connectivity index (χ2v) is 6.69. The first kappa shape index (κ1) is 21.4. The molecule has 0 aliphatic carbocycles. The lowest BCUT2D eigenvalue weighted by Crippen LogP contribution is -2.51. The predicted molar refractivity (Wildman–Crippen MR) is 111 cm³/mol. The number of hydrogen-bond donors (Lipinski definition) is 3. The molecule has 2 aromatic rings. The van der Waals surface area contributed by atoms with Crippen molar-refractivity contribution in [2.45, 2.75) is 26.2 Å². The lowest BCUT2D eigenvalue weighted by atomic mass is 9.75. The lowest BCUT2D eigenvalue weighted by molar-refractivity contribution is -0.122. The van der Waals surface area contributed by atoms with E-state index in [0.29, 0.717) is 5.69 Å². The van der Waals surface area contributed by atoms with Gasteiger partial charge in [-0.1, -0.05) is 48.5 Å². The molecule has 0 bridgehead atoms. The number of hydrogen-bond acceptors (Lipinski definition) is 4. The first-order chi connectivity index (χ1) is 13.3. The van der Waals surface area contributed by atoms with Gasteiger partial charge in [0.15, 0.2) is 0 Å². The molecule has 0 unspecified atom stereocenters. The number of amides is 2. The highest BCUT2D eigenvalue weighted by molar-refractivity contribution is 6.43. The molecule has 3 N–H and O–H groups in total. The summed E-state index contributed by atoms with van der Waals surface area (Å²) in [5.74, 6) is -1.82. The van der Waals surface area contributed by atoms with Crippen LogP contribution < -0.4 is 10.2 Å². The van der Waals surface area contributed by atoms with Crippen molar-refractivity contribution >= 4 is 24.6 Å². The Labute approximate surface area is 165 Å². The van der Waals surface area contributed by atoms with Gasteiger partial charge in [-0.05, 0) is 49.6 Å². The summed E-state index contributed by atoms with van der Waals surface area (Å²) in [5, 5.41) is 22.1. The van der Waals surface area contributed by atoms with E-state index in [9.17, 15) is 19.6 Å². The normalized spacial score (nSPS) is 11.4. The first-order valence-electron chi connectivity index (χ1n) is 9.02. The van der Waals surface area contributed by atoms with Gasteiger partial charge in [0.05, 0.1) is 5.94 Å². The van der Waals surface area contributed by atoms with Gasteiger partial charge in [0, 0.05) is 5.69 Å². The summed E-state index contributed by atoms with van der Waals surface area (Å²) in [6, 6.07) is 14.6. The van der Waals surface area contributed by atoms with Crippen LogP contribution in [-0.4, -0.2) is 41.5 Å². The molecule has 0 fully saturated rings.